The first-order valence-electron chi connectivity index (χ1n) is 7.29. The Labute approximate surface area is 135 Å². The molecule has 2 aromatic carbocycles. The SMILES string of the molecule is Cc1cc(C(N=C=O)(N=C=O)c2ccccc2)c(C)c(C)c1C. The summed E-state index contributed by atoms with van der Waals surface area (Å²) in [5.41, 5.74) is 4.10. The van der Waals surface area contributed by atoms with Crippen molar-refractivity contribution in [1.82, 2.24) is 0 Å². The number of hydrogen-bond acceptors (Lipinski definition) is 4. The Bertz CT molecular complexity index is 810. The molecule has 0 atom stereocenters. The van der Waals surface area contributed by atoms with Crippen LogP contribution in [-0.4, -0.2) is 12.2 Å². The van der Waals surface area contributed by atoms with Crippen molar-refractivity contribution in [3.8, 4) is 0 Å². The van der Waals surface area contributed by atoms with Crippen LogP contribution in [0, 0.1) is 27.7 Å². The molecule has 0 saturated carbocycles. The molecule has 0 aromatic heterocycles. The summed E-state index contributed by atoms with van der Waals surface area (Å²) in [5, 5.41) is 0. The summed E-state index contributed by atoms with van der Waals surface area (Å²) in [4.78, 5) is 30.1. The average Bonchev–Trinajstić information content (AvgIpc) is 2.57. The highest BCUT2D eigenvalue weighted by atomic mass is 16.1. The molecule has 0 saturated heterocycles. The number of rotatable bonds is 4. The van der Waals surface area contributed by atoms with Crippen LogP contribution in [0.3, 0.4) is 0 Å². The predicted molar refractivity (Wildman–Crippen MR) is 88.9 cm³/mol. The van der Waals surface area contributed by atoms with Gasteiger partial charge in [-0.3, -0.25) is 0 Å². The second-order valence-electron chi connectivity index (χ2n) is 5.56. The van der Waals surface area contributed by atoms with E-state index in [1.807, 2.05) is 52.0 Å². The van der Waals surface area contributed by atoms with Gasteiger partial charge in [-0.25, -0.2) is 9.59 Å². The van der Waals surface area contributed by atoms with Crippen molar-refractivity contribution in [3.63, 3.8) is 0 Å². The van der Waals surface area contributed by atoms with Gasteiger partial charge >= 0.3 is 0 Å². The average molecular weight is 306 g/mol. The van der Waals surface area contributed by atoms with Gasteiger partial charge in [0.05, 0.1) is 0 Å². The minimum absolute atomic E-state index is 0.623. The van der Waals surface area contributed by atoms with E-state index in [2.05, 4.69) is 9.98 Å². The van der Waals surface area contributed by atoms with E-state index >= 15 is 0 Å². The standard InChI is InChI=1S/C19H18N2O2/c1-13-10-18(16(4)15(3)14(13)2)19(20-11-22,21-12-23)17-8-6-5-7-9-17/h5-10H,1-4H3. The number of hydrogen-bond donors (Lipinski definition) is 0. The Morgan fingerprint density at radius 2 is 1.39 bits per heavy atom. The fourth-order valence-corrected chi connectivity index (χ4v) is 2.81. The van der Waals surface area contributed by atoms with Gasteiger partial charge in [-0.05, 0) is 49.9 Å². The summed E-state index contributed by atoms with van der Waals surface area (Å²) in [7, 11) is 0. The van der Waals surface area contributed by atoms with Crippen molar-refractivity contribution in [2.24, 2.45) is 9.98 Å². The van der Waals surface area contributed by atoms with Crippen molar-refractivity contribution in [2.75, 3.05) is 0 Å². The van der Waals surface area contributed by atoms with Gasteiger partial charge in [0.2, 0.25) is 17.8 Å². The maximum Gasteiger partial charge on any atom is 0.238 e. The largest absolute Gasteiger partial charge is 0.238 e. The molecule has 0 fully saturated rings. The predicted octanol–water partition coefficient (Wildman–Crippen LogP) is 3.79. The molecule has 0 heterocycles. The van der Waals surface area contributed by atoms with Gasteiger partial charge < -0.3 is 0 Å². The van der Waals surface area contributed by atoms with E-state index in [0.29, 0.717) is 11.1 Å². The molecular weight excluding hydrogens is 288 g/mol. The smallest absolute Gasteiger partial charge is 0.211 e. The topological polar surface area (TPSA) is 58.9 Å². The molecule has 4 heteroatoms. The van der Waals surface area contributed by atoms with Gasteiger partial charge in [0, 0.05) is 11.1 Å². The number of nitrogens with zero attached hydrogens (tertiary/aromatic N) is 2. The number of benzene rings is 2. The first-order chi connectivity index (χ1) is 11.0. The summed E-state index contributed by atoms with van der Waals surface area (Å²) >= 11 is 0. The molecule has 23 heavy (non-hydrogen) atoms. The van der Waals surface area contributed by atoms with Gasteiger partial charge in [0.1, 0.15) is 0 Å². The van der Waals surface area contributed by atoms with Crippen LogP contribution in [0.1, 0.15) is 33.4 Å². The van der Waals surface area contributed by atoms with Crippen molar-refractivity contribution < 1.29 is 9.59 Å². The zero-order valence-corrected chi connectivity index (χ0v) is 13.7. The number of isocyanates is 2. The van der Waals surface area contributed by atoms with Crippen molar-refractivity contribution >= 4 is 12.2 Å². The third kappa shape index (κ3) is 2.78. The van der Waals surface area contributed by atoms with Crippen LogP contribution in [0.4, 0.5) is 0 Å². The van der Waals surface area contributed by atoms with E-state index in [9.17, 15) is 9.59 Å². The highest BCUT2D eigenvalue weighted by molar-refractivity contribution is 5.55. The molecule has 0 unspecified atom stereocenters. The fourth-order valence-electron chi connectivity index (χ4n) is 2.81. The molecule has 0 aliphatic heterocycles. The van der Waals surface area contributed by atoms with Gasteiger partial charge in [-0.2, -0.15) is 9.98 Å². The third-order valence-corrected chi connectivity index (χ3v) is 4.45. The number of aliphatic imine (C=N–C) groups is 2. The molecule has 0 amide bonds. The van der Waals surface area contributed by atoms with E-state index < -0.39 is 5.66 Å². The zero-order valence-electron chi connectivity index (χ0n) is 13.7. The molecule has 0 aliphatic rings. The summed E-state index contributed by atoms with van der Waals surface area (Å²) in [5.74, 6) is 0. The van der Waals surface area contributed by atoms with E-state index in [0.717, 1.165) is 16.7 Å². The molecule has 0 aliphatic carbocycles. The van der Waals surface area contributed by atoms with E-state index in [1.54, 1.807) is 24.3 Å². The summed E-state index contributed by atoms with van der Waals surface area (Å²) in [6, 6.07) is 11.0. The maximum atomic E-state index is 11.1. The minimum atomic E-state index is -1.45. The molecule has 0 radical (unpaired) electrons. The molecule has 0 bridgehead atoms. The van der Waals surface area contributed by atoms with Crippen LogP contribution in [0.15, 0.2) is 46.4 Å². The molecule has 2 aromatic rings. The zero-order chi connectivity index (χ0) is 17.0. The molecule has 116 valence electrons. The number of aryl methyl sites for hydroxylation is 1. The molecule has 0 N–H and O–H groups in total. The summed E-state index contributed by atoms with van der Waals surface area (Å²) in [6.45, 7) is 7.97. The first-order valence-corrected chi connectivity index (χ1v) is 7.29. The molecule has 4 nitrogen and oxygen atoms in total. The Morgan fingerprint density at radius 3 is 1.91 bits per heavy atom. The van der Waals surface area contributed by atoms with Crippen LogP contribution in [0.2, 0.25) is 0 Å². The highest BCUT2D eigenvalue weighted by Crippen LogP contribution is 2.39. The van der Waals surface area contributed by atoms with Crippen LogP contribution in [0.5, 0.6) is 0 Å². The lowest BCUT2D eigenvalue weighted by atomic mass is 9.84. The maximum absolute atomic E-state index is 11.1. The van der Waals surface area contributed by atoms with Crippen LogP contribution >= 0.6 is 0 Å². The lowest BCUT2D eigenvalue weighted by Crippen LogP contribution is -2.25. The van der Waals surface area contributed by atoms with Crippen LogP contribution < -0.4 is 0 Å². The second-order valence-corrected chi connectivity index (χ2v) is 5.56. The number of carbonyl (C=O) groups excluding carboxylic acids is 2. The van der Waals surface area contributed by atoms with Crippen LogP contribution in [-0.2, 0) is 15.3 Å². The van der Waals surface area contributed by atoms with Crippen molar-refractivity contribution in [1.29, 1.82) is 0 Å². The van der Waals surface area contributed by atoms with Gasteiger partial charge in [-0.1, -0.05) is 36.4 Å². The van der Waals surface area contributed by atoms with E-state index in [-0.39, 0.29) is 0 Å². The normalized spacial score (nSPS) is 12.7. The first kappa shape index (κ1) is 16.6. The monoisotopic (exact) mass is 306 g/mol. The fraction of sp³-hybridized carbons (Fsp3) is 0.263. The third-order valence-electron chi connectivity index (χ3n) is 4.45. The van der Waals surface area contributed by atoms with Gasteiger partial charge in [-0.15, -0.1) is 0 Å². The molecule has 0 spiro atoms. The summed E-state index contributed by atoms with van der Waals surface area (Å²) < 4.78 is 0. The van der Waals surface area contributed by atoms with E-state index in [1.165, 1.54) is 5.56 Å². The Hall–Kier alpha value is -2.80. The van der Waals surface area contributed by atoms with E-state index in [4.69, 9.17) is 0 Å². The lowest BCUT2D eigenvalue weighted by Gasteiger charge is -2.27. The molecular formula is C19H18N2O2. The Morgan fingerprint density at radius 1 is 0.826 bits per heavy atom. The quantitative estimate of drug-likeness (QED) is 0.637. The lowest BCUT2D eigenvalue weighted by molar-refractivity contribution is 0.514. The minimum Gasteiger partial charge on any atom is -0.211 e. The Balaban J connectivity index is 2.95. The van der Waals surface area contributed by atoms with Crippen LogP contribution in [0.25, 0.3) is 0 Å². The summed E-state index contributed by atoms with van der Waals surface area (Å²) in [6.07, 6.45) is 3.15. The highest BCUT2D eigenvalue weighted by Gasteiger charge is 2.36. The Kier molecular flexibility index (Phi) is 4.71. The van der Waals surface area contributed by atoms with Crippen molar-refractivity contribution in [3.05, 3.63) is 69.8 Å². The van der Waals surface area contributed by atoms with Gasteiger partial charge in [0.15, 0.2) is 0 Å². The molecule has 2 rings (SSSR count). The second kappa shape index (κ2) is 6.53. The van der Waals surface area contributed by atoms with Gasteiger partial charge in [0.25, 0.3) is 0 Å². The van der Waals surface area contributed by atoms with Crippen molar-refractivity contribution in [2.45, 2.75) is 33.4 Å².